The molecule has 3 aromatic rings. The summed E-state index contributed by atoms with van der Waals surface area (Å²) < 4.78 is 2.35. The Morgan fingerprint density at radius 2 is 1.45 bits per heavy atom. The van der Waals surface area contributed by atoms with E-state index in [0.29, 0.717) is 5.69 Å². The SMILES string of the molecule is C[C@H](O)C(=C=N)n1ncn(-c2ccc(N3CCN(c4ccc(O)cc4)CC3)cc2)c1=O. The van der Waals surface area contributed by atoms with Crippen LogP contribution < -0.4 is 15.5 Å². The Labute approximate surface area is 179 Å². The van der Waals surface area contributed by atoms with Crippen LogP contribution in [0.3, 0.4) is 0 Å². The molecule has 4 rings (SSSR count). The van der Waals surface area contributed by atoms with Crippen LogP contribution in [0.2, 0.25) is 0 Å². The number of aliphatic hydroxyl groups is 1. The maximum absolute atomic E-state index is 12.6. The smallest absolute Gasteiger partial charge is 0.355 e. The molecule has 0 radical (unpaired) electrons. The summed E-state index contributed by atoms with van der Waals surface area (Å²) in [5.41, 5.74) is 2.34. The van der Waals surface area contributed by atoms with Crippen LogP contribution in [0.1, 0.15) is 6.92 Å². The third-order valence-corrected chi connectivity index (χ3v) is 5.41. The lowest BCUT2D eigenvalue weighted by Crippen LogP contribution is -2.46. The van der Waals surface area contributed by atoms with Crippen molar-refractivity contribution >= 4 is 22.9 Å². The first-order chi connectivity index (χ1) is 15.0. The molecule has 2 heterocycles. The van der Waals surface area contributed by atoms with Crippen molar-refractivity contribution < 1.29 is 10.2 Å². The number of benzene rings is 2. The summed E-state index contributed by atoms with van der Waals surface area (Å²) in [6.07, 6.45) is 0.342. The van der Waals surface area contributed by atoms with Gasteiger partial charge in [0.25, 0.3) is 0 Å². The number of aromatic nitrogens is 3. The highest BCUT2D eigenvalue weighted by atomic mass is 16.3. The quantitative estimate of drug-likeness (QED) is 0.540. The summed E-state index contributed by atoms with van der Waals surface area (Å²) in [5, 5.41) is 30.4. The van der Waals surface area contributed by atoms with E-state index in [9.17, 15) is 15.0 Å². The van der Waals surface area contributed by atoms with Gasteiger partial charge in [-0.05, 0) is 55.5 Å². The van der Waals surface area contributed by atoms with E-state index in [1.807, 2.05) is 36.4 Å². The first-order valence-electron chi connectivity index (χ1n) is 10.0. The molecular formula is C22H24N6O3. The first kappa shape index (κ1) is 20.5. The fourth-order valence-corrected chi connectivity index (χ4v) is 3.69. The molecular weight excluding hydrogens is 396 g/mol. The lowest BCUT2D eigenvalue weighted by molar-refractivity contribution is 0.246. The molecule has 2 aromatic carbocycles. The van der Waals surface area contributed by atoms with Gasteiger partial charge in [-0.1, -0.05) is 0 Å². The van der Waals surface area contributed by atoms with Crippen molar-refractivity contribution in [2.45, 2.75) is 13.0 Å². The third kappa shape index (κ3) is 4.09. The van der Waals surface area contributed by atoms with Gasteiger partial charge in [-0.2, -0.15) is 9.78 Å². The summed E-state index contributed by atoms with van der Waals surface area (Å²) >= 11 is 0. The Hall–Kier alpha value is -3.81. The number of aliphatic hydroxyl groups excluding tert-OH is 1. The Morgan fingerprint density at radius 3 is 1.94 bits per heavy atom. The Bertz CT molecular complexity index is 1150. The minimum Gasteiger partial charge on any atom is -0.508 e. The van der Waals surface area contributed by atoms with E-state index in [-0.39, 0.29) is 11.4 Å². The van der Waals surface area contributed by atoms with E-state index < -0.39 is 11.8 Å². The van der Waals surface area contributed by atoms with Crippen LogP contribution in [0.5, 0.6) is 5.75 Å². The minimum absolute atomic E-state index is 0.00753. The van der Waals surface area contributed by atoms with E-state index in [2.05, 4.69) is 20.8 Å². The molecule has 0 bridgehead atoms. The summed E-state index contributed by atoms with van der Waals surface area (Å²) in [5.74, 6) is 2.34. The molecule has 9 heteroatoms. The lowest BCUT2D eigenvalue weighted by atomic mass is 10.2. The van der Waals surface area contributed by atoms with Crippen molar-refractivity contribution in [1.29, 1.82) is 5.41 Å². The summed E-state index contributed by atoms with van der Waals surface area (Å²) in [7, 11) is 0. The molecule has 0 spiro atoms. The largest absolute Gasteiger partial charge is 0.508 e. The van der Waals surface area contributed by atoms with Crippen LogP contribution in [-0.2, 0) is 0 Å². The molecule has 0 unspecified atom stereocenters. The van der Waals surface area contributed by atoms with Crippen LogP contribution in [0.25, 0.3) is 11.4 Å². The molecule has 0 amide bonds. The molecule has 1 saturated heterocycles. The van der Waals surface area contributed by atoms with Gasteiger partial charge in [-0.15, -0.1) is 0 Å². The van der Waals surface area contributed by atoms with Crippen molar-refractivity contribution in [2.24, 2.45) is 0 Å². The summed E-state index contributed by atoms with van der Waals surface area (Å²) in [4.78, 5) is 17.2. The Kier molecular flexibility index (Phi) is 5.62. The van der Waals surface area contributed by atoms with Gasteiger partial charge >= 0.3 is 5.69 Å². The number of phenols is 1. The molecule has 9 nitrogen and oxygen atoms in total. The first-order valence-corrected chi connectivity index (χ1v) is 10.0. The number of aromatic hydroxyl groups is 1. The van der Waals surface area contributed by atoms with Crippen molar-refractivity contribution in [3.05, 3.63) is 65.3 Å². The number of hydrogen-bond acceptors (Lipinski definition) is 7. The van der Waals surface area contributed by atoms with E-state index in [4.69, 9.17) is 5.41 Å². The zero-order valence-corrected chi connectivity index (χ0v) is 17.1. The third-order valence-electron chi connectivity index (χ3n) is 5.41. The Morgan fingerprint density at radius 1 is 0.968 bits per heavy atom. The van der Waals surface area contributed by atoms with Gasteiger partial charge in [0, 0.05) is 43.4 Å². The van der Waals surface area contributed by atoms with Crippen LogP contribution in [0.15, 0.2) is 59.7 Å². The molecule has 1 aromatic heterocycles. The van der Waals surface area contributed by atoms with E-state index in [0.717, 1.165) is 42.2 Å². The average molecular weight is 420 g/mol. The maximum atomic E-state index is 12.6. The molecule has 1 atom stereocenters. The Balaban J connectivity index is 1.46. The second-order valence-corrected chi connectivity index (χ2v) is 7.39. The minimum atomic E-state index is -1.03. The van der Waals surface area contributed by atoms with Crippen molar-refractivity contribution in [1.82, 2.24) is 14.3 Å². The molecule has 1 fully saturated rings. The zero-order chi connectivity index (χ0) is 22.0. The number of piperazine rings is 1. The van der Waals surface area contributed by atoms with Crippen LogP contribution in [-0.4, -0.2) is 62.7 Å². The van der Waals surface area contributed by atoms with Crippen molar-refractivity contribution in [2.75, 3.05) is 36.0 Å². The number of anilines is 2. The van der Waals surface area contributed by atoms with Gasteiger partial charge in [0.15, 0.2) is 0 Å². The predicted molar refractivity (Wildman–Crippen MR) is 119 cm³/mol. The van der Waals surface area contributed by atoms with Gasteiger partial charge in [0.1, 0.15) is 23.9 Å². The van der Waals surface area contributed by atoms with E-state index >= 15 is 0 Å². The highest BCUT2D eigenvalue weighted by Crippen LogP contribution is 2.23. The van der Waals surface area contributed by atoms with Crippen molar-refractivity contribution in [3.63, 3.8) is 0 Å². The monoisotopic (exact) mass is 420 g/mol. The molecule has 1 aliphatic rings. The molecule has 3 N–H and O–H groups in total. The van der Waals surface area contributed by atoms with Gasteiger partial charge in [0.05, 0.1) is 5.69 Å². The number of nitrogens with one attached hydrogen (secondary N) is 1. The van der Waals surface area contributed by atoms with E-state index in [1.54, 1.807) is 12.1 Å². The molecule has 160 valence electrons. The molecule has 0 aliphatic carbocycles. The summed E-state index contributed by atoms with van der Waals surface area (Å²) in [6, 6.07) is 14.9. The fraction of sp³-hybridized carbons (Fsp3) is 0.273. The lowest BCUT2D eigenvalue weighted by Gasteiger charge is -2.37. The highest BCUT2D eigenvalue weighted by Gasteiger charge is 2.18. The van der Waals surface area contributed by atoms with Crippen LogP contribution in [0, 0.1) is 5.41 Å². The normalized spacial score (nSPS) is 14.9. The van der Waals surface area contributed by atoms with Crippen LogP contribution in [0.4, 0.5) is 11.4 Å². The second kappa shape index (κ2) is 8.51. The van der Waals surface area contributed by atoms with Crippen molar-refractivity contribution in [3.8, 4) is 11.4 Å². The van der Waals surface area contributed by atoms with E-state index in [1.165, 1.54) is 17.8 Å². The van der Waals surface area contributed by atoms with Gasteiger partial charge in [0.2, 0.25) is 0 Å². The molecule has 0 saturated carbocycles. The topological polar surface area (TPSA) is 111 Å². The number of nitrogens with zero attached hydrogens (tertiary/aromatic N) is 5. The van der Waals surface area contributed by atoms with Crippen LogP contribution >= 0.6 is 0 Å². The van der Waals surface area contributed by atoms with Gasteiger partial charge in [-0.3, -0.25) is 5.41 Å². The number of hydrogen-bond donors (Lipinski definition) is 3. The molecule has 1 aliphatic heterocycles. The highest BCUT2D eigenvalue weighted by molar-refractivity contribution is 5.79. The predicted octanol–water partition coefficient (Wildman–Crippen LogP) is 1.54. The second-order valence-electron chi connectivity index (χ2n) is 7.39. The fourth-order valence-electron chi connectivity index (χ4n) is 3.69. The zero-order valence-electron chi connectivity index (χ0n) is 17.1. The average Bonchev–Trinajstić information content (AvgIpc) is 3.16. The number of rotatable bonds is 5. The number of phenolic OH excluding ortho intramolecular Hbond substituents is 1. The van der Waals surface area contributed by atoms with Gasteiger partial charge < -0.3 is 20.0 Å². The molecule has 31 heavy (non-hydrogen) atoms. The maximum Gasteiger partial charge on any atom is 0.355 e. The van der Waals surface area contributed by atoms with Gasteiger partial charge in [-0.25, -0.2) is 9.36 Å². The summed E-state index contributed by atoms with van der Waals surface area (Å²) in [6.45, 7) is 4.92. The standard InChI is InChI=1S/C22H24N6O3/c1-16(29)21(14-23)28-22(31)27(15-24-28)19-4-2-17(3-5-19)25-10-12-26(13-11-25)18-6-8-20(30)9-7-18/h2-9,15-16,23,29-30H,10-13H2,1H3/t16-/m0/s1.